The zero-order valence-electron chi connectivity index (χ0n) is 16.6. The lowest BCUT2D eigenvalue weighted by Crippen LogP contribution is -2.34. The minimum Gasteiger partial charge on any atom is -0.353 e. The maximum absolute atomic E-state index is 13.2. The summed E-state index contributed by atoms with van der Waals surface area (Å²) < 4.78 is 123. The van der Waals surface area contributed by atoms with Gasteiger partial charge in [-0.3, -0.25) is 0 Å². The first kappa shape index (κ1) is 24.9. The van der Waals surface area contributed by atoms with E-state index in [0.717, 1.165) is 24.3 Å². The van der Waals surface area contributed by atoms with Crippen molar-refractivity contribution in [2.45, 2.75) is 25.1 Å². The predicted molar refractivity (Wildman–Crippen MR) is 98.0 cm³/mol. The maximum Gasteiger partial charge on any atom is 0.417 e. The van der Waals surface area contributed by atoms with Gasteiger partial charge < -0.3 is 9.42 Å². The quantitative estimate of drug-likeness (QED) is 0.395. The van der Waals surface area contributed by atoms with E-state index in [-0.39, 0.29) is 11.4 Å². The van der Waals surface area contributed by atoms with E-state index >= 15 is 0 Å². The molecule has 5 nitrogen and oxygen atoms in total. The lowest BCUT2D eigenvalue weighted by Gasteiger charge is -2.25. The topological polar surface area (TPSA) is 66.0 Å². The van der Waals surface area contributed by atoms with Crippen molar-refractivity contribution in [3.63, 3.8) is 0 Å². The highest BCUT2D eigenvalue weighted by molar-refractivity contribution is 5.57. The van der Waals surface area contributed by atoms with Crippen LogP contribution in [-0.4, -0.2) is 22.9 Å². The van der Waals surface area contributed by atoms with E-state index in [4.69, 9.17) is 9.78 Å². The van der Waals surface area contributed by atoms with Gasteiger partial charge in [0.25, 0.3) is 0 Å². The molecule has 14 heteroatoms. The van der Waals surface area contributed by atoms with Crippen molar-refractivity contribution >= 4 is 5.69 Å². The van der Waals surface area contributed by atoms with Crippen LogP contribution in [0, 0.1) is 11.3 Å². The molecule has 0 N–H and O–H groups in total. The van der Waals surface area contributed by atoms with Gasteiger partial charge >= 0.3 is 18.5 Å². The Labute approximate surface area is 185 Å². The van der Waals surface area contributed by atoms with Gasteiger partial charge in [-0.2, -0.15) is 49.8 Å². The van der Waals surface area contributed by atoms with Crippen LogP contribution in [0.25, 0.3) is 11.4 Å². The molecule has 0 atom stereocenters. The number of nitrogens with zero attached hydrogens (tertiary/aromatic N) is 4. The van der Waals surface area contributed by atoms with E-state index in [0.29, 0.717) is 17.0 Å². The second-order valence-electron chi connectivity index (χ2n) is 6.90. The SMILES string of the molecule is N#Cc1ccc(N(Cc2nc(-c3cccc(C(F)(F)F)c3)no2)CC(F)(F)F)cc1C(F)(F)F. The van der Waals surface area contributed by atoms with Crippen LogP contribution in [-0.2, 0) is 18.9 Å². The molecule has 1 heterocycles. The Morgan fingerprint density at radius 2 is 1.62 bits per heavy atom. The Hall–Kier alpha value is -3.76. The predicted octanol–water partition coefficient (Wildman–Crippen LogP) is 6.21. The van der Waals surface area contributed by atoms with Gasteiger partial charge in [0.05, 0.1) is 29.3 Å². The third-order valence-electron chi connectivity index (χ3n) is 4.41. The molecule has 0 saturated carbocycles. The first-order chi connectivity index (χ1) is 15.7. The molecule has 2 aromatic carbocycles. The van der Waals surface area contributed by atoms with Gasteiger partial charge in [-0.25, -0.2) is 0 Å². The molecule has 0 saturated heterocycles. The summed E-state index contributed by atoms with van der Waals surface area (Å²) >= 11 is 0. The van der Waals surface area contributed by atoms with Gasteiger partial charge in [-0.15, -0.1) is 0 Å². The average molecular weight is 494 g/mol. The Morgan fingerprint density at radius 3 is 2.21 bits per heavy atom. The van der Waals surface area contributed by atoms with E-state index in [9.17, 15) is 39.5 Å². The van der Waals surface area contributed by atoms with Crippen LogP contribution in [0.3, 0.4) is 0 Å². The molecule has 180 valence electrons. The molecule has 0 amide bonds. The zero-order chi connectivity index (χ0) is 25.3. The number of hydrogen-bond acceptors (Lipinski definition) is 5. The molecular weight excluding hydrogens is 483 g/mol. The summed E-state index contributed by atoms with van der Waals surface area (Å²) in [7, 11) is 0. The number of rotatable bonds is 5. The largest absolute Gasteiger partial charge is 0.417 e. The molecule has 34 heavy (non-hydrogen) atoms. The summed E-state index contributed by atoms with van der Waals surface area (Å²) in [6, 6.07) is 7.10. The lowest BCUT2D eigenvalue weighted by atomic mass is 10.1. The number of nitriles is 1. The van der Waals surface area contributed by atoms with E-state index in [1.165, 1.54) is 12.1 Å². The van der Waals surface area contributed by atoms with Gasteiger partial charge in [0.2, 0.25) is 11.7 Å². The second-order valence-corrected chi connectivity index (χ2v) is 6.90. The number of hydrogen-bond donors (Lipinski definition) is 0. The summed E-state index contributed by atoms with van der Waals surface area (Å²) in [6.07, 6.45) is -14.5. The highest BCUT2D eigenvalue weighted by Gasteiger charge is 2.36. The normalized spacial score (nSPS) is 12.5. The van der Waals surface area contributed by atoms with Crippen LogP contribution in [0.15, 0.2) is 47.0 Å². The third-order valence-corrected chi connectivity index (χ3v) is 4.41. The fourth-order valence-electron chi connectivity index (χ4n) is 2.95. The summed E-state index contributed by atoms with van der Waals surface area (Å²) in [5, 5.41) is 12.3. The number of halogens is 9. The Bertz CT molecular complexity index is 1210. The van der Waals surface area contributed by atoms with E-state index in [2.05, 4.69) is 10.1 Å². The minimum atomic E-state index is -5.01. The smallest absolute Gasteiger partial charge is 0.353 e. The monoisotopic (exact) mass is 494 g/mol. The average Bonchev–Trinajstić information content (AvgIpc) is 3.19. The number of benzene rings is 2. The van der Waals surface area contributed by atoms with Crippen molar-refractivity contribution < 1.29 is 44.0 Å². The minimum absolute atomic E-state index is 0.134. The van der Waals surface area contributed by atoms with Crippen molar-refractivity contribution in [1.82, 2.24) is 10.1 Å². The maximum atomic E-state index is 13.2. The van der Waals surface area contributed by atoms with Crippen molar-refractivity contribution in [3.8, 4) is 17.5 Å². The van der Waals surface area contributed by atoms with Gasteiger partial charge in [-0.1, -0.05) is 17.3 Å². The summed E-state index contributed by atoms with van der Waals surface area (Å²) in [6.45, 7) is -2.52. The molecular formula is C20H11F9N4O. The van der Waals surface area contributed by atoms with Crippen LogP contribution in [0.5, 0.6) is 0 Å². The molecule has 1 aromatic heterocycles. The van der Waals surface area contributed by atoms with Crippen LogP contribution < -0.4 is 4.90 Å². The summed E-state index contributed by atoms with van der Waals surface area (Å²) in [5.74, 6) is -0.849. The van der Waals surface area contributed by atoms with Crippen molar-refractivity contribution in [2.24, 2.45) is 0 Å². The fraction of sp³-hybridized carbons (Fsp3) is 0.250. The van der Waals surface area contributed by atoms with Crippen LogP contribution in [0.1, 0.15) is 22.6 Å². The first-order valence-corrected chi connectivity index (χ1v) is 9.10. The summed E-state index contributed by atoms with van der Waals surface area (Å²) in [5.41, 5.74) is -3.91. The standard InChI is InChI=1S/C20H11F9N4O/c21-18(22,23)10-33(14-5-4-12(8-30)15(7-14)20(27,28)29)9-16-31-17(32-34-16)11-2-1-3-13(6-11)19(24,25)26/h1-7H,9-10H2. The second kappa shape index (κ2) is 8.88. The molecule has 0 aliphatic rings. The summed E-state index contributed by atoms with van der Waals surface area (Å²) in [4.78, 5) is 4.23. The highest BCUT2D eigenvalue weighted by Crippen LogP contribution is 2.36. The molecule has 0 bridgehead atoms. The molecule has 3 aromatic rings. The third kappa shape index (κ3) is 5.97. The van der Waals surface area contributed by atoms with Crippen molar-refractivity contribution in [1.29, 1.82) is 5.26 Å². The molecule has 0 aliphatic heterocycles. The number of alkyl halides is 9. The Balaban J connectivity index is 1.95. The molecule has 0 radical (unpaired) electrons. The van der Waals surface area contributed by atoms with Gasteiger partial charge in [0.15, 0.2) is 0 Å². The van der Waals surface area contributed by atoms with E-state index < -0.39 is 59.9 Å². The fourth-order valence-corrected chi connectivity index (χ4v) is 2.95. The van der Waals surface area contributed by atoms with Crippen molar-refractivity contribution in [2.75, 3.05) is 11.4 Å². The molecule has 0 fully saturated rings. The van der Waals surface area contributed by atoms with Crippen LogP contribution >= 0.6 is 0 Å². The Morgan fingerprint density at radius 1 is 0.912 bits per heavy atom. The van der Waals surface area contributed by atoms with E-state index in [1.807, 2.05) is 0 Å². The Kier molecular flexibility index (Phi) is 6.50. The number of anilines is 1. The van der Waals surface area contributed by atoms with Gasteiger partial charge in [0.1, 0.15) is 6.54 Å². The number of aromatic nitrogens is 2. The van der Waals surface area contributed by atoms with Gasteiger partial charge in [-0.05, 0) is 30.3 Å². The lowest BCUT2D eigenvalue weighted by molar-refractivity contribution is -0.138. The molecule has 0 aliphatic carbocycles. The van der Waals surface area contributed by atoms with Crippen LogP contribution in [0.4, 0.5) is 45.2 Å². The van der Waals surface area contributed by atoms with Crippen LogP contribution in [0.2, 0.25) is 0 Å². The molecule has 0 unspecified atom stereocenters. The van der Waals surface area contributed by atoms with Gasteiger partial charge in [0, 0.05) is 11.3 Å². The highest BCUT2D eigenvalue weighted by atomic mass is 19.4. The molecule has 0 spiro atoms. The van der Waals surface area contributed by atoms with Crippen molar-refractivity contribution in [3.05, 3.63) is 65.0 Å². The zero-order valence-corrected chi connectivity index (χ0v) is 16.6. The first-order valence-electron chi connectivity index (χ1n) is 9.10. The molecule has 3 rings (SSSR count). The van der Waals surface area contributed by atoms with E-state index in [1.54, 1.807) is 0 Å².